The predicted octanol–water partition coefficient (Wildman–Crippen LogP) is 4.28. The van der Waals surface area contributed by atoms with Crippen LogP contribution in [0, 0.1) is 0 Å². The zero-order valence-electron chi connectivity index (χ0n) is 17.9. The Hall–Kier alpha value is -2.92. The van der Waals surface area contributed by atoms with Crippen LogP contribution in [0.4, 0.5) is 0 Å². The Morgan fingerprint density at radius 2 is 1.93 bits per heavy atom. The molecule has 0 bridgehead atoms. The normalized spacial score (nSPS) is 14.1. The summed E-state index contributed by atoms with van der Waals surface area (Å²) in [5.74, 6) is 1.11. The number of hydrogen-bond donors (Lipinski definition) is 0. The number of aryl methyl sites for hydroxylation is 2. The number of nitrogens with zero attached hydrogens (tertiary/aromatic N) is 3. The Morgan fingerprint density at radius 1 is 1.17 bits per heavy atom. The number of benzene rings is 1. The number of fused-ring (bicyclic) bond motifs is 1. The first kappa shape index (κ1) is 21.8. The average Bonchev–Trinajstić information content (AvgIpc) is 3.16. The van der Waals surface area contributed by atoms with Crippen molar-refractivity contribution in [2.24, 2.45) is 12.0 Å². The van der Waals surface area contributed by atoms with Gasteiger partial charge in [0.05, 0.1) is 21.6 Å². The lowest BCUT2D eigenvalue weighted by Crippen LogP contribution is -2.43. The van der Waals surface area contributed by atoms with E-state index in [-0.39, 0.29) is 11.6 Å². The van der Waals surface area contributed by atoms with Crippen molar-refractivity contribution in [2.45, 2.75) is 40.2 Å². The molecule has 3 heterocycles. The zero-order valence-corrected chi connectivity index (χ0v) is 18.7. The molecule has 0 N–H and O–H groups in total. The highest BCUT2D eigenvalue weighted by Crippen LogP contribution is 2.32. The molecular weight excluding hydrogens is 398 g/mol. The van der Waals surface area contributed by atoms with Gasteiger partial charge < -0.3 is 9.30 Å². The topological polar surface area (TPSA) is 56.5 Å². The van der Waals surface area contributed by atoms with Crippen molar-refractivity contribution in [1.82, 2.24) is 9.55 Å². The van der Waals surface area contributed by atoms with Gasteiger partial charge in [-0.05, 0) is 43.2 Å². The average molecular weight is 424 g/mol. The molecule has 0 spiro atoms. The van der Waals surface area contributed by atoms with E-state index in [1.54, 1.807) is 29.9 Å². The molecule has 0 aliphatic carbocycles. The van der Waals surface area contributed by atoms with E-state index in [2.05, 4.69) is 23.0 Å². The van der Waals surface area contributed by atoms with Crippen LogP contribution in [0.1, 0.15) is 33.3 Å². The third kappa shape index (κ3) is 4.31. The molecule has 0 saturated heterocycles. The van der Waals surface area contributed by atoms with Gasteiger partial charge in [0, 0.05) is 36.6 Å². The minimum absolute atomic E-state index is 0.0273. The summed E-state index contributed by atoms with van der Waals surface area (Å²) in [6.45, 7) is 8.08. The molecule has 0 saturated carbocycles. The summed E-state index contributed by atoms with van der Waals surface area (Å²) in [5, 5.41) is 1.91. The van der Waals surface area contributed by atoms with Gasteiger partial charge in [-0.25, -0.2) is 4.98 Å². The Kier molecular flexibility index (Phi) is 6.73. The van der Waals surface area contributed by atoms with Gasteiger partial charge in [-0.2, -0.15) is 0 Å². The molecule has 30 heavy (non-hydrogen) atoms. The Bertz CT molecular complexity index is 1230. The quantitative estimate of drug-likeness (QED) is 0.629. The van der Waals surface area contributed by atoms with E-state index in [4.69, 9.17) is 16.3 Å². The largest absolute Gasteiger partial charge is 0.438 e. The highest BCUT2D eigenvalue weighted by atomic mass is 35.5. The van der Waals surface area contributed by atoms with Crippen molar-refractivity contribution < 1.29 is 4.74 Å². The maximum absolute atomic E-state index is 12.5. The molecule has 3 aromatic rings. The number of ether oxygens (including phenoxy) is 1. The molecule has 2 aromatic heterocycles. The second-order valence-corrected chi connectivity index (χ2v) is 7.29. The Morgan fingerprint density at radius 3 is 2.60 bits per heavy atom. The van der Waals surface area contributed by atoms with E-state index < -0.39 is 0 Å². The standard InChI is InChI=1S/C22H20ClN3O2.C2H6/c1-4-14-5-7-19(28-20-8-6-15(23)11-24-20)16(10-14)18-12-26(3)22(27)17-9-13(2)25-21(17)18;1-2/h5-13H,4H2,1-3H3;1-2H3/t13-;/m1./s1. The summed E-state index contributed by atoms with van der Waals surface area (Å²) in [4.78, 5) is 21.5. The van der Waals surface area contributed by atoms with E-state index in [0.717, 1.165) is 22.9 Å². The molecule has 1 atom stereocenters. The third-order valence-electron chi connectivity index (χ3n) is 4.78. The van der Waals surface area contributed by atoms with Gasteiger partial charge in [0.2, 0.25) is 5.88 Å². The van der Waals surface area contributed by atoms with Crippen LogP contribution in [0.5, 0.6) is 11.6 Å². The summed E-state index contributed by atoms with van der Waals surface area (Å²) < 4.78 is 7.66. The molecule has 6 heteroatoms. The van der Waals surface area contributed by atoms with Crippen LogP contribution in [0.15, 0.2) is 52.5 Å². The van der Waals surface area contributed by atoms with Crippen molar-refractivity contribution >= 4 is 17.7 Å². The van der Waals surface area contributed by atoms with Crippen LogP contribution in [-0.2, 0) is 13.5 Å². The monoisotopic (exact) mass is 423 g/mol. The van der Waals surface area contributed by atoms with Crippen LogP contribution in [0.3, 0.4) is 0 Å². The Balaban J connectivity index is 0.00000124. The van der Waals surface area contributed by atoms with Crippen molar-refractivity contribution in [3.05, 3.63) is 74.2 Å². The number of rotatable bonds is 4. The molecule has 0 radical (unpaired) electrons. The molecule has 4 rings (SSSR count). The van der Waals surface area contributed by atoms with E-state index >= 15 is 0 Å². The summed E-state index contributed by atoms with van der Waals surface area (Å²) in [6, 6.07) is 9.49. The molecule has 0 fully saturated rings. The lowest BCUT2D eigenvalue weighted by Gasteiger charge is -2.13. The fourth-order valence-electron chi connectivity index (χ4n) is 3.35. The summed E-state index contributed by atoms with van der Waals surface area (Å²) in [6.07, 6.45) is 6.17. The fourth-order valence-corrected chi connectivity index (χ4v) is 3.46. The van der Waals surface area contributed by atoms with Gasteiger partial charge in [0.15, 0.2) is 0 Å². The molecule has 1 aliphatic rings. The SMILES string of the molecule is CC.CCc1ccc(Oc2ccc(Cl)cn2)c(-c2cn(C)c(=O)c3c2=N[C@H](C)C=3)c1. The molecule has 1 aliphatic heterocycles. The van der Waals surface area contributed by atoms with Crippen LogP contribution < -0.4 is 20.9 Å². The van der Waals surface area contributed by atoms with E-state index in [1.165, 1.54) is 5.56 Å². The van der Waals surface area contributed by atoms with Crippen LogP contribution in [0.2, 0.25) is 5.02 Å². The maximum atomic E-state index is 12.5. The molecule has 0 amide bonds. The van der Waals surface area contributed by atoms with Gasteiger partial charge in [-0.1, -0.05) is 38.4 Å². The van der Waals surface area contributed by atoms with Crippen molar-refractivity contribution in [2.75, 3.05) is 0 Å². The lowest BCUT2D eigenvalue weighted by molar-refractivity contribution is 0.464. The van der Waals surface area contributed by atoms with Crippen LogP contribution in [-0.4, -0.2) is 15.6 Å². The van der Waals surface area contributed by atoms with Gasteiger partial charge in [0.1, 0.15) is 5.75 Å². The first-order chi connectivity index (χ1) is 14.5. The highest BCUT2D eigenvalue weighted by Gasteiger charge is 2.17. The Labute approximate surface area is 181 Å². The van der Waals surface area contributed by atoms with Gasteiger partial charge >= 0.3 is 0 Å². The lowest BCUT2D eigenvalue weighted by atomic mass is 10.0. The molecule has 5 nitrogen and oxygen atoms in total. The van der Waals surface area contributed by atoms with Gasteiger partial charge in [-0.15, -0.1) is 0 Å². The van der Waals surface area contributed by atoms with Crippen LogP contribution >= 0.6 is 11.6 Å². The van der Waals surface area contributed by atoms with Gasteiger partial charge in [0.25, 0.3) is 5.56 Å². The minimum atomic E-state index is -0.0414. The van der Waals surface area contributed by atoms with Gasteiger partial charge in [-0.3, -0.25) is 9.79 Å². The molecule has 156 valence electrons. The second kappa shape index (κ2) is 9.26. The number of hydrogen-bond acceptors (Lipinski definition) is 4. The number of pyridine rings is 2. The van der Waals surface area contributed by atoms with Crippen molar-refractivity contribution in [1.29, 1.82) is 0 Å². The van der Waals surface area contributed by atoms with Crippen LogP contribution in [0.25, 0.3) is 17.2 Å². The van der Waals surface area contributed by atoms with Crippen molar-refractivity contribution in [3.63, 3.8) is 0 Å². The van der Waals surface area contributed by atoms with E-state index in [0.29, 0.717) is 21.9 Å². The fraction of sp³-hybridized carbons (Fsp3) is 0.292. The molecule has 1 aromatic carbocycles. The predicted molar refractivity (Wildman–Crippen MR) is 122 cm³/mol. The minimum Gasteiger partial charge on any atom is -0.438 e. The summed E-state index contributed by atoms with van der Waals surface area (Å²) >= 11 is 5.92. The zero-order chi connectivity index (χ0) is 21.8. The first-order valence-corrected chi connectivity index (χ1v) is 10.6. The number of halogens is 1. The third-order valence-corrected chi connectivity index (χ3v) is 5.01. The number of aromatic nitrogens is 2. The highest BCUT2D eigenvalue weighted by molar-refractivity contribution is 6.30. The molecule has 0 unspecified atom stereocenters. The summed E-state index contributed by atoms with van der Waals surface area (Å²) in [7, 11) is 1.76. The first-order valence-electron chi connectivity index (χ1n) is 10.2. The second-order valence-electron chi connectivity index (χ2n) is 6.86. The molecular formula is C24H26ClN3O2. The summed E-state index contributed by atoms with van der Waals surface area (Å²) in [5.41, 5.74) is 2.88. The van der Waals surface area contributed by atoms with E-state index in [9.17, 15) is 4.79 Å². The van der Waals surface area contributed by atoms with E-state index in [1.807, 2.05) is 45.2 Å². The smallest absolute Gasteiger partial charge is 0.259 e. The maximum Gasteiger partial charge on any atom is 0.259 e. The van der Waals surface area contributed by atoms with Crippen molar-refractivity contribution in [3.8, 4) is 22.8 Å².